The van der Waals surface area contributed by atoms with E-state index in [1.807, 2.05) is 35.4 Å². The van der Waals surface area contributed by atoms with Crippen LogP contribution in [0.3, 0.4) is 0 Å². The number of aromatic nitrogens is 1. The number of halogens is 3. The number of pyridine rings is 1. The van der Waals surface area contributed by atoms with Crippen molar-refractivity contribution in [2.24, 2.45) is 5.92 Å². The summed E-state index contributed by atoms with van der Waals surface area (Å²) in [4.78, 5) is 18.3. The summed E-state index contributed by atoms with van der Waals surface area (Å²) in [6.07, 6.45) is -0.0663. The van der Waals surface area contributed by atoms with Gasteiger partial charge in [0.1, 0.15) is 6.20 Å². The normalized spacial score (nSPS) is 15.6. The number of carbonyl (C=O) groups is 1. The second kappa shape index (κ2) is 8.21. The van der Waals surface area contributed by atoms with Crippen molar-refractivity contribution in [2.45, 2.75) is 23.9 Å². The van der Waals surface area contributed by atoms with Gasteiger partial charge < -0.3 is 5.32 Å². The molecule has 1 aliphatic heterocycles. The summed E-state index contributed by atoms with van der Waals surface area (Å²) >= 11 is 1.64. The zero-order chi connectivity index (χ0) is 19.4. The molecule has 1 aromatic heterocycles. The molecule has 0 spiro atoms. The molecule has 1 aliphatic rings. The lowest BCUT2D eigenvalue weighted by Crippen LogP contribution is -2.40. The molecule has 0 bridgehead atoms. The van der Waals surface area contributed by atoms with Gasteiger partial charge in [-0.05, 0) is 49.4 Å². The third kappa shape index (κ3) is 4.94. The first kappa shape index (κ1) is 19.5. The number of hydrogen-bond donors (Lipinski definition) is 1. The molecule has 1 amide bonds. The molecular weight excluding hydrogens is 375 g/mol. The Morgan fingerprint density at radius 2 is 1.81 bits per heavy atom. The first-order valence-corrected chi connectivity index (χ1v) is 9.88. The molecule has 8 heteroatoms. The number of nitrogens with one attached hydrogen (secondary N) is 2. The molecule has 0 atom stereocenters. The molecule has 1 aromatic carbocycles. The second-order valence-corrected chi connectivity index (χ2v) is 7.32. The van der Waals surface area contributed by atoms with Crippen molar-refractivity contribution >= 4 is 29.2 Å². The van der Waals surface area contributed by atoms with E-state index in [1.165, 1.54) is 6.07 Å². The Kier molecular flexibility index (Phi) is 5.94. The van der Waals surface area contributed by atoms with Gasteiger partial charge in [0.15, 0.2) is 0 Å². The summed E-state index contributed by atoms with van der Waals surface area (Å²) in [5, 5.41) is 2.94. The summed E-state index contributed by atoms with van der Waals surface area (Å²) < 4.78 is 37.9. The second-order valence-electron chi connectivity index (χ2n) is 6.44. The summed E-state index contributed by atoms with van der Waals surface area (Å²) in [6.45, 7) is 1.23. The van der Waals surface area contributed by atoms with Crippen LogP contribution in [-0.4, -0.2) is 25.3 Å². The molecule has 0 saturated carbocycles. The molecule has 1 saturated heterocycles. The number of anilines is 2. The van der Waals surface area contributed by atoms with Crippen molar-refractivity contribution in [2.75, 3.05) is 29.6 Å². The van der Waals surface area contributed by atoms with Gasteiger partial charge in [-0.25, -0.2) is 4.98 Å². The van der Waals surface area contributed by atoms with Crippen LogP contribution >= 0.6 is 11.8 Å². The number of nitrogens with zero attached hydrogens (tertiary/aromatic N) is 1. The van der Waals surface area contributed by atoms with Crippen LogP contribution in [0, 0.1) is 5.92 Å². The number of carbonyl (C=O) groups excluding carboxylic acids is 1. The van der Waals surface area contributed by atoms with E-state index in [0.717, 1.165) is 22.8 Å². The number of thioether (sulfide) groups is 1. The maximum atomic E-state index is 12.6. The predicted octanol–water partition coefficient (Wildman–Crippen LogP) is 4.10. The molecule has 1 fully saturated rings. The molecule has 0 aliphatic carbocycles. The van der Waals surface area contributed by atoms with Crippen molar-refractivity contribution in [3.8, 4) is 0 Å². The standard InChI is InChI=1S/C19H20F3N3OS/c1-27-16-5-3-15(4-6-16)24-18(26)13-8-10-25(11-9-13)17-7-2-14(12-23-17)19(20,21)22/h2-7,12-13H,8-11H2,1H3,(H,24,26)/p+1. The summed E-state index contributed by atoms with van der Waals surface area (Å²) in [6, 6.07) is 10.2. The Morgan fingerprint density at radius 3 is 2.33 bits per heavy atom. The zero-order valence-corrected chi connectivity index (χ0v) is 15.7. The molecule has 0 radical (unpaired) electrons. The fourth-order valence-corrected chi connectivity index (χ4v) is 3.50. The molecule has 2 N–H and O–H groups in total. The van der Waals surface area contributed by atoms with E-state index in [2.05, 4.69) is 10.3 Å². The largest absolute Gasteiger partial charge is 0.419 e. The van der Waals surface area contributed by atoms with Crippen LogP contribution in [0.25, 0.3) is 0 Å². The molecule has 4 nitrogen and oxygen atoms in total. The Hall–Kier alpha value is -2.22. The van der Waals surface area contributed by atoms with Crippen LogP contribution in [0.15, 0.2) is 47.5 Å². The van der Waals surface area contributed by atoms with Crippen LogP contribution < -0.4 is 15.2 Å². The molecular formula is C19H21F3N3OS+. The van der Waals surface area contributed by atoms with Gasteiger partial charge in [0.2, 0.25) is 5.91 Å². The van der Waals surface area contributed by atoms with E-state index < -0.39 is 11.7 Å². The highest BCUT2D eigenvalue weighted by molar-refractivity contribution is 7.98. The van der Waals surface area contributed by atoms with Crippen molar-refractivity contribution in [3.05, 3.63) is 48.2 Å². The van der Waals surface area contributed by atoms with E-state index in [4.69, 9.17) is 0 Å². The highest BCUT2D eigenvalue weighted by atomic mass is 32.2. The summed E-state index contributed by atoms with van der Waals surface area (Å²) in [5.41, 5.74) is 0.0734. The number of aromatic amines is 1. The highest BCUT2D eigenvalue weighted by Gasteiger charge is 2.33. The fourth-order valence-electron chi connectivity index (χ4n) is 3.09. The molecule has 144 valence electrons. The Bertz CT molecular complexity index is 770. The topological polar surface area (TPSA) is 46.5 Å². The highest BCUT2D eigenvalue weighted by Crippen LogP contribution is 2.29. The Morgan fingerprint density at radius 1 is 1.15 bits per heavy atom. The SMILES string of the molecule is CSc1ccc(NC(=O)C2CCN(c3ccc(C(F)(F)F)c[nH+]3)CC2)cc1. The van der Waals surface area contributed by atoms with Crippen molar-refractivity contribution in [3.63, 3.8) is 0 Å². The Labute approximate surface area is 160 Å². The number of H-pyrrole nitrogens is 1. The van der Waals surface area contributed by atoms with Gasteiger partial charge in [-0.1, -0.05) is 0 Å². The van der Waals surface area contributed by atoms with E-state index in [-0.39, 0.29) is 11.8 Å². The van der Waals surface area contributed by atoms with E-state index in [9.17, 15) is 18.0 Å². The maximum Gasteiger partial charge on any atom is 0.419 e. The van der Waals surface area contributed by atoms with Crippen molar-refractivity contribution in [1.29, 1.82) is 0 Å². The Balaban J connectivity index is 1.54. The van der Waals surface area contributed by atoms with Crippen molar-refractivity contribution < 1.29 is 22.9 Å². The minimum absolute atomic E-state index is 0.0112. The number of benzene rings is 1. The number of piperidine rings is 1. The molecule has 2 aromatic rings. The smallest absolute Gasteiger partial charge is 0.326 e. The van der Waals surface area contributed by atoms with Gasteiger partial charge >= 0.3 is 6.18 Å². The minimum Gasteiger partial charge on any atom is -0.326 e. The summed E-state index contributed by atoms with van der Waals surface area (Å²) in [5.74, 6) is 0.522. The minimum atomic E-state index is -4.35. The van der Waals surface area contributed by atoms with Crippen LogP contribution in [0.5, 0.6) is 0 Å². The van der Waals surface area contributed by atoms with Gasteiger partial charge in [0, 0.05) is 22.6 Å². The third-order valence-electron chi connectivity index (χ3n) is 4.69. The average Bonchev–Trinajstić information content (AvgIpc) is 2.68. The zero-order valence-electron chi connectivity index (χ0n) is 14.8. The monoisotopic (exact) mass is 396 g/mol. The van der Waals surface area contributed by atoms with E-state index in [0.29, 0.717) is 31.7 Å². The predicted molar refractivity (Wildman–Crippen MR) is 99.8 cm³/mol. The van der Waals surface area contributed by atoms with Gasteiger partial charge in [0.05, 0.1) is 18.7 Å². The van der Waals surface area contributed by atoms with Gasteiger partial charge in [-0.3, -0.25) is 9.69 Å². The molecule has 3 rings (SSSR count). The van der Waals surface area contributed by atoms with Crippen LogP contribution in [0.4, 0.5) is 24.7 Å². The quantitative estimate of drug-likeness (QED) is 0.792. The van der Waals surface area contributed by atoms with Crippen LogP contribution in [0.2, 0.25) is 0 Å². The molecule has 27 heavy (non-hydrogen) atoms. The lowest BCUT2D eigenvalue weighted by Gasteiger charge is -2.27. The van der Waals surface area contributed by atoms with Gasteiger partial charge in [-0.2, -0.15) is 13.2 Å². The third-order valence-corrected chi connectivity index (χ3v) is 5.43. The van der Waals surface area contributed by atoms with Gasteiger partial charge in [-0.15, -0.1) is 11.8 Å². The number of rotatable bonds is 4. The molecule has 0 unspecified atom stereocenters. The first-order valence-electron chi connectivity index (χ1n) is 8.65. The molecule has 2 heterocycles. The first-order chi connectivity index (χ1) is 12.9. The van der Waals surface area contributed by atoms with E-state index >= 15 is 0 Å². The number of alkyl halides is 3. The average molecular weight is 396 g/mol. The lowest BCUT2D eigenvalue weighted by atomic mass is 9.95. The fraction of sp³-hybridized carbons (Fsp3) is 0.368. The number of hydrogen-bond acceptors (Lipinski definition) is 3. The maximum absolute atomic E-state index is 12.6. The van der Waals surface area contributed by atoms with Crippen LogP contribution in [-0.2, 0) is 11.0 Å². The lowest BCUT2D eigenvalue weighted by molar-refractivity contribution is -0.367. The van der Waals surface area contributed by atoms with Gasteiger partial charge in [0.25, 0.3) is 5.82 Å². The van der Waals surface area contributed by atoms with Crippen molar-refractivity contribution in [1.82, 2.24) is 0 Å². The van der Waals surface area contributed by atoms with E-state index in [1.54, 1.807) is 11.8 Å². The number of amides is 1. The van der Waals surface area contributed by atoms with Crippen LogP contribution in [0.1, 0.15) is 18.4 Å². The summed E-state index contributed by atoms with van der Waals surface area (Å²) in [7, 11) is 0.